The number of anilines is 1. The highest BCUT2D eigenvalue weighted by Gasteiger charge is 2.31. The molecule has 52 heavy (non-hydrogen) atoms. The third kappa shape index (κ3) is 8.94. The molecule has 0 aliphatic heterocycles. The van der Waals surface area contributed by atoms with Crippen LogP contribution >= 0.6 is 0 Å². The van der Waals surface area contributed by atoms with Gasteiger partial charge in [0, 0.05) is 44.2 Å². The molecule has 3 heterocycles. The van der Waals surface area contributed by atoms with Gasteiger partial charge in [0.2, 0.25) is 0 Å². The number of methoxy groups -OCH3 is 2. The molecule has 0 saturated carbocycles. The van der Waals surface area contributed by atoms with Crippen molar-refractivity contribution in [2.75, 3.05) is 39.7 Å². The zero-order valence-electron chi connectivity index (χ0n) is 32.2. The smallest absolute Gasteiger partial charge is 0.320 e. The van der Waals surface area contributed by atoms with Crippen LogP contribution in [0.3, 0.4) is 0 Å². The molecule has 0 spiro atoms. The number of urea groups is 1. The Labute approximate surface area is 306 Å². The van der Waals surface area contributed by atoms with Crippen molar-refractivity contribution >= 4 is 23.3 Å². The van der Waals surface area contributed by atoms with E-state index in [0.29, 0.717) is 48.8 Å². The van der Waals surface area contributed by atoms with E-state index < -0.39 is 11.6 Å². The van der Waals surface area contributed by atoms with Gasteiger partial charge in [-0.2, -0.15) is 0 Å². The molecule has 0 bridgehead atoms. The molecule has 0 fully saturated rings. The van der Waals surface area contributed by atoms with Crippen LogP contribution < -0.4 is 15.4 Å². The summed E-state index contributed by atoms with van der Waals surface area (Å²) in [5.41, 5.74) is 2.11. The largest absolute Gasteiger partial charge is 0.484 e. The Balaban J connectivity index is 1.29. The number of nitrogens with zero attached hydrogens (tertiary/aromatic N) is 6. The predicted molar refractivity (Wildman–Crippen MR) is 200 cm³/mol. The molecule has 1 aromatic carbocycles. The molecule has 2 N–H and O–H groups in total. The lowest BCUT2D eigenvalue weighted by molar-refractivity contribution is 0.0106. The zero-order valence-corrected chi connectivity index (χ0v) is 32.2. The minimum Gasteiger partial charge on any atom is -0.484 e. The number of aromatic nitrogens is 5. The molecule has 2 atom stereocenters. The summed E-state index contributed by atoms with van der Waals surface area (Å²) in [6.07, 6.45) is 3.88. The highest BCUT2D eigenvalue weighted by molar-refractivity contribution is 5.94. The molecule has 0 saturated heterocycles. The highest BCUT2D eigenvalue weighted by Crippen LogP contribution is 2.39. The number of hydrogen-bond acceptors (Lipinski definition) is 10. The first-order valence-corrected chi connectivity index (χ1v) is 17.9. The second-order valence-electron chi connectivity index (χ2n) is 15.7. The molecule has 3 aromatic heterocycles. The van der Waals surface area contributed by atoms with Gasteiger partial charge < -0.3 is 19.5 Å². The fourth-order valence-corrected chi connectivity index (χ4v) is 6.21. The average Bonchev–Trinajstić information content (AvgIpc) is 3.54. The number of nitrogens with one attached hydrogen (secondary N) is 2. The summed E-state index contributed by atoms with van der Waals surface area (Å²) in [4.78, 5) is 38.3. The topological polar surface area (TPSA) is 145 Å². The fraction of sp³-hybridized carbons (Fsp3) is 0.538. The molecule has 5 rings (SSSR count). The van der Waals surface area contributed by atoms with E-state index in [1.54, 1.807) is 20.3 Å². The lowest BCUT2D eigenvalue weighted by atomic mass is 9.85. The molecule has 1 aliphatic carbocycles. The maximum atomic E-state index is 13.5. The molecule has 0 radical (unpaired) electrons. The summed E-state index contributed by atoms with van der Waals surface area (Å²) in [5.74, 6) is 1.56. The normalized spacial score (nSPS) is 16.5. The van der Waals surface area contributed by atoms with Crippen LogP contribution in [0.15, 0.2) is 48.7 Å². The van der Waals surface area contributed by atoms with Crippen molar-refractivity contribution in [1.29, 1.82) is 0 Å². The lowest BCUT2D eigenvalue weighted by Crippen LogP contribution is -2.43. The van der Waals surface area contributed by atoms with Crippen molar-refractivity contribution in [2.24, 2.45) is 0 Å². The number of carbonyl (C=O) groups excluding carboxylic acids is 2. The van der Waals surface area contributed by atoms with Gasteiger partial charge in [0.1, 0.15) is 23.3 Å². The van der Waals surface area contributed by atoms with Crippen LogP contribution in [0.4, 0.5) is 10.6 Å². The molecule has 13 heteroatoms. The van der Waals surface area contributed by atoms with E-state index in [4.69, 9.17) is 14.2 Å². The quantitative estimate of drug-likeness (QED) is 0.134. The van der Waals surface area contributed by atoms with Gasteiger partial charge in [0.15, 0.2) is 23.1 Å². The molecule has 13 nitrogen and oxygen atoms in total. The van der Waals surface area contributed by atoms with E-state index in [1.165, 1.54) is 0 Å². The minimum absolute atomic E-state index is 0.101. The van der Waals surface area contributed by atoms with Gasteiger partial charge in [0.05, 0.1) is 24.5 Å². The van der Waals surface area contributed by atoms with Crippen molar-refractivity contribution in [1.82, 2.24) is 34.8 Å². The van der Waals surface area contributed by atoms with E-state index in [0.717, 1.165) is 17.7 Å². The van der Waals surface area contributed by atoms with Crippen LogP contribution in [-0.4, -0.2) is 81.2 Å². The first kappa shape index (κ1) is 38.8. The van der Waals surface area contributed by atoms with Gasteiger partial charge in [-0.15, -0.1) is 10.2 Å². The summed E-state index contributed by atoms with van der Waals surface area (Å²) in [6.45, 7) is 15.5. The molecular weight excluding hydrogens is 660 g/mol. The number of rotatable bonds is 14. The maximum absolute atomic E-state index is 13.5. The summed E-state index contributed by atoms with van der Waals surface area (Å²) in [6, 6.07) is 12.8. The molecule has 280 valence electrons. The van der Waals surface area contributed by atoms with Crippen molar-refractivity contribution in [3.8, 4) is 5.75 Å². The Morgan fingerprint density at radius 2 is 1.69 bits per heavy atom. The second kappa shape index (κ2) is 15.6. The number of carbonyl (C=O) groups is 2. The SMILES string of the molecule is COCCN(C)C(C)(C)CCC(=O)c1nc(NC(=O)N[C@H]2CC[C@@H](Oc3ccc4nnc(C(C)(C)OC)n4c3)c3ccccc32)cc(C(C)(C)C)n1. The molecule has 2 amide bonds. The first-order valence-electron chi connectivity index (χ1n) is 17.9. The Morgan fingerprint density at radius 1 is 0.962 bits per heavy atom. The summed E-state index contributed by atoms with van der Waals surface area (Å²) < 4.78 is 19.3. The van der Waals surface area contributed by atoms with Crippen molar-refractivity contribution < 1.29 is 23.8 Å². The number of amides is 2. The minimum atomic E-state index is -0.634. The van der Waals surface area contributed by atoms with Gasteiger partial charge in [0.25, 0.3) is 0 Å². The number of hydrogen-bond donors (Lipinski definition) is 2. The number of Topliss-reactive ketones (excluding diaryl/α,β-unsaturated/α-hetero) is 1. The Kier molecular flexibility index (Phi) is 11.7. The third-order valence-corrected chi connectivity index (χ3v) is 10.1. The molecular formula is C39H54N8O5. The van der Waals surface area contributed by atoms with E-state index in [-0.39, 0.29) is 46.9 Å². The van der Waals surface area contributed by atoms with Gasteiger partial charge in [-0.25, -0.2) is 14.8 Å². The van der Waals surface area contributed by atoms with Crippen molar-refractivity contribution in [3.05, 3.63) is 77.1 Å². The number of likely N-dealkylation sites (N-methyl/N-ethyl adjacent to an activating group) is 1. The van der Waals surface area contributed by atoms with Crippen molar-refractivity contribution in [2.45, 2.75) is 103 Å². The third-order valence-electron chi connectivity index (χ3n) is 10.1. The van der Waals surface area contributed by atoms with E-state index in [1.807, 2.05) is 88.7 Å². The number of ether oxygens (including phenoxy) is 3. The summed E-state index contributed by atoms with van der Waals surface area (Å²) in [5, 5.41) is 14.7. The van der Waals surface area contributed by atoms with Crippen LogP contribution in [0.2, 0.25) is 0 Å². The number of ketones is 1. The fourth-order valence-electron chi connectivity index (χ4n) is 6.21. The van der Waals surface area contributed by atoms with Gasteiger partial charge >= 0.3 is 6.03 Å². The van der Waals surface area contributed by atoms with Gasteiger partial charge in [-0.05, 0) is 77.3 Å². The second-order valence-corrected chi connectivity index (χ2v) is 15.7. The standard InChI is InChI=1S/C39H54N8O5/c1-37(2,3)31-23-32(42-34(41-31)29(48)19-20-38(4,5)46(8)21-22-50-9)43-36(49)40-28-16-17-30(27-14-12-11-13-26(27)28)52-25-15-18-33-44-45-35(47(33)24-25)39(6,7)51-10/h11-15,18,23-24,28,30H,16-17,19-22H2,1-10H3,(H2,40,41,42,43,49)/t28-,30+/m0/s1. The number of fused-ring (bicyclic) bond motifs is 2. The lowest BCUT2D eigenvalue weighted by Gasteiger charge is -2.35. The van der Waals surface area contributed by atoms with E-state index >= 15 is 0 Å². The van der Waals surface area contributed by atoms with Crippen LogP contribution in [-0.2, 0) is 20.5 Å². The van der Waals surface area contributed by atoms with Gasteiger partial charge in [-0.3, -0.25) is 19.4 Å². The molecule has 4 aromatic rings. The number of pyridine rings is 1. The van der Waals surface area contributed by atoms with Crippen LogP contribution in [0.1, 0.15) is 120 Å². The maximum Gasteiger partial charge on any atom is 0.320 e. The Morgan fingerprint density at radius 3 is 2.38 bits per heavy atom. The monoisotopic (exact) mass is 714 g/mol. The predicted octanol–water partition coefficient (Wildman–Crippen LogP) is 6.79. The van der Waals surface area contributed by atoms with Gasteiger partial charge in [-0.1, -0.05) is 45.0 Å². The van der Waals surface area contributed by atoms with E-state index in [9.17, 15) is 9.59 Å². The number of benzene rings is 1. The van der Waals surface area contributed by atoms with Crippen molar-refractivity contribution in [3.63, 3.8) is 0 Å². The Hall–Kier alpha value is -4.46. The summed E-state index contributed by atoms with van der Waals surface area (Å²) in [7, 11) is 5.35. The summed E-state index contributed by atoms with van der Waals surface area (Å²) >= 11 is 0. The highest BCUT2D eigenvalue weighted by atomic mass is 16.5. The average molecular weight is 715 g/mol. The molecule has 1 aliphatic rings. The zero-order chi connectivity index (χ0) is 37.8. The van der Waals surface area contributed by atoms with Crippen LogP contribution in [0, 0.1) is 0 Å². The Bertz CT molecular complexity index is 1880. The van der Waals surface area contributed by atoms with Crippen LogP contribution in [0.5, 0.6) is 5.75 Å². The van der Waals surface area contributed by atoms with Crippen LogP contribution in [0.25, 0.3) is 5.65 Å². The van der Waals surface area contributed by atoms with E-state index in [2.05, 4.69) is 49.5 Å². The molecule has 0 unspecified atom stereocenters. The first-order chi connectivity index (χ1) is 24.5.